The molecule has 0 unspecified atom stereocenters. The Hall–Kier alpha value is -1.93. The van der Waals surface area contributed by atoms with Crippen molar-refractivity contribution in [1.82, 2.24) is 9.62 Å². The van der Waals surface area contributed by atoms with Gasteiger partial charge in [0.1, 0.15) is 0 Å². The molecular weight excluding hydrogens is 412 g/mol. The Morgan fingerprint density at radius 2 is 1.83 bits per heavy atom. The molecule has 1 atom stereocenters. The first kappa shape index (κ1) is 21.8. The molecule has 1 aliphatic heterocycles. The number of sulfonamides is 1. The van der Waals surface area contributed by atoms with Crippen LogP contribution in [0.2, 0.25) is 5.02 Å². The van der Waals surface area contributed by atoms with E-state index in [1.807, 2.05) is 39.0 Å². The molecule has 29 heavy (non-hydrogen) atoms. The Morgan fingerprint density at radius 3 is 2.52 bits per heavy atom. The summed E-state index contributed by atoms with van der Waals surface area (Å²) < 4.78 is 32.4. The highest BCUT2D eigenvalue weighted by Gasteiger charge is 2.28. The number of hydrogen-bond donors (Lipinski definition) is 1. The molecule has 2 aromatic carbocycles. The first-order valence-corrected chi connectivity index (χ1v) is 11.3. The van der Waals surface area contributed by atoms with Crippen LogP contribution in [0, 0.1) is 13.8 Å². The number of hydrogen-bond acceptors (Lipinski definition) is 4. The number of ether oxygens (including phenoxy) is 1. The SMILES string of the molecule is Cc1ccc(C)c([C@@H](C)NC(=O)c2cc(S(=O)(=O)N3CCOCC3)ccc2Cl)c1. The van der Waals surface area contributed by atoms with Gasteiger partial charge < -0.3 is 10.1 Å². The molecule has 2 aromatic rings. The van der Waals surface area contributed by atoms with E-state index in [9.17, 15) is 13.2 Å². The lowest BCUT2D eigenvalue weighted by Crippen LogP contribution is -2.40. The number of aryl methyl sites for hydroxylation is 2. The van der Waals surface area contributed by atoms with Crippen LogP contribution in [0.4, 0.5) is 0 Å². The quantitative estimate of drug-likeness (QED) is 0.778. The number of rotatable bonds is 5. The Bertz CT molecular complexity index is 1020. The number of carbonyl (C=O) groups is 1. The predicted octanol–water partition coefficient (Wildman–Crippen LogP) is 3.47. The first-order valence-electron chi connectivity index (χ1n) is 9.45. The Balaban J connectivity index is 1.85. The largest absolute Gasteiger partial charge is 0.379 e. The van der Waals surface area contributed by atoms with Gasteiger partial charge in [-0.3, -0.25) is 4.79 Å². The first-order chi connectivity index (χ1) is 13.7. The molecule has 1 aliphatic rings. The Kier molecular flexibility index (Phi) is 6.63. The third-order valence-corrected chi connectivity index (χ3v) is 7.26. The van der Waals surface area contributed by atoms with Crippen LogP contribution >= 0.6 is 11.6 Å². The van der Waals surface area contributed by atoms with Gasteiger partial charge in [-0.1, -0.05) is 35.4 Å². The van der Waals surface area contributed by atoms with Crippen molar-refractivity contribution in [1.29, 1.82) is 0 Å². The standard InChI is InChI=1S/C21H25ClN2O4S/c1-14-4-5-15(2)18(12-14)16(3)23-21(25)19-13-17(6-7-20(19)22)29(26,27)24-8-10-28-11-9-24/h4-7,12-13,16H,8-11H2,1-3H3,(H,23,25)/t16-/m1/s1. The van der Waals surface area contributed by atoms with Crippen LogP contribution < -0.4 is 5.32 Å². The highest BCUT2D eigenvalue weighted by molar-refractivity contribution is 7.89. The van der Waals surface area contributed by atoms with E-state index >= 15 is 0 Å². The molecule has 3 rings (SSSR count). The number of halogens is 1. The maximum Gasteiger partial charge on any atom is 0.253 e. The van der Waals surface area contributed by atoms with Crippen molar-refractivity contribution >= 4 is 27.5 Å². The average Bonchev–Trinajstić information content (AvgIpc) is 2.70. The fourth-order valence-corrected chi connectivity index (χ4v) is 4.99. The van der Waals surface area contributed by atoms with Crippen molar-refractivity contribution < 1.29 is 17.9 Å². The molecule has 0 aliphatic carbocycles. The minimum atomic E-state index is -3.71. The minimum Gasteiger partial charge on any atom is -0.379 e. The van der Waals surface area contributed by atoms with Gasteiger partial charge in [-0.25, -0.2) is 8.42 Å². The lowest BCUT2D eigenvalue weighted by molar-refractivity contribution is 0.0730. The Labute approximate surface area is 176 Å². The van der Waals surface area contributed by atoms with Gasteiger partial charge in [0.2, 0.25) is 10.0 Å². The zero-order valence-electron chi connectivity index (χ0n) is 16.7. The molecule has 0 aromatic heterocycles. The number of nitrogens with one attached hydrogen (secondary N) is 1. The molecule has 0 bridgehead atoms. The number of benzene rings is 2. The van der Waals surface area contributed by atoms with E-state index in [-0.39, 0.29) is 34.6 Å². The topological polar surface area (TPSA) is 75.7 Å². The third kappa shape index (κ3) is 4.80. The van der Waals surface area contributed by atoms with Crippen molar-refractivity contribution in [2.24, 2.45) is 0 Å². The number of nitrogens with zero attached hydrogens (tertiary/aromatic N) is 1. The van der Waals surface area contributed by atoms with Crippen LogP contribution in [0.3, 0.4) is 0 Å². The van der Waals surface area contributed by atoms with E-state index in [0.29, 0.717) is 13.2 Å². The van der Waals surface area contributed by atoms with Crippen LogP contribution in [0.25, 0.3) is 0 Å². The molecule has 0 saturated carbocycles. The van der Waals surface area contributed by atoms with Crippen LogP contribution in [-0.4, -0.2) is 44.9 Å². The second-order valence-electron chi connectivity index (χ2n) is 7.21. The second kappa shape index (κ2) is 8.83. The van der Waals surface area contributed by atoms with Crippen molar-refractivity contribution in [2.75, 3.05) is 26.3 Å². The summed E-state index contributed by atoms with van der Waals surface area (Å²) in [5.41, 5.74) is 3.31. The monoisotopic (exact) mass is 436 g/mol. The zero-order valence-corrected chi connectivity index (χ0v) is 18.3. The summed E-state index contributed by atoms with van der Waals surface area (Å²) in [5.74, 6) is -0.414. The molecule has 1 amide bonds. The summed E-state index contributed by atoms with van der Waals surface area (Å²) in [6.07, 6.45) is 0. The van der Waals surface area contributed by atoms with E-state index in [1.165, 1.54) is 22.5 Å². The van der Waals surface area contributed by atoms with Gasteiger partial charge in [0.05, 0.1) is 34.7 Å². The van der Waals surface area contributed by atoms with Crippen molar-refractivity contribution in [3.8, 4) is 0 Å². The van der Waals surface area contributed by atoms with E-state index in [0.717, 1.165) is 16.7 Å². The van der Waals surface area contributed by atoms with Gasteiger partial charge in [0, 0.05) is 13.1 Å². The van der Waals surface area contributed by atoms with Crippen molar-refractivity contribution in [2.45, 2.75) is 31.7 Å². The number of amides is 1. The molecule has 1 heterocycles. The van der Waals surface area contributed by atoms with E-state index in [2.05, 4.69) is 5.32 Å². The Morgan fingerprint density at radius 1 is 1.14 bits per heavy atom. The van der Waals surface area contributed by atoms with Gasteiger partial charge in [0.15, 0.2) is 0 Å². The summed E-state index contributed by atoms with van der Waals surface area (Å²) in [6.45, 7) is 7.16. The van der Waals surface area contributed by atoms with Crippen LogP contribution in [-0.2, 0) is 14.8 Å². The highest BCUT2D eigenvalue weighted by atomic mass is 35.5. The van der Waals surface area contributed by atoms with Crippen molar-refractivity contribution in [3.05, 3.63) is 63.7 Å². The maximum atomic E-state index is 12.9. The summed E-state index contributed by atoms with van der Waals surface area (Å²) in [5, 5.41) is 3.13. The van der Waals surface area contributed by atoms with Crippen LogP contribution in [0.15, 0.2) is 41.3 Å². The summed E-state index contributed by atoms with van der Waals surface area (Å²) in [4.78, 5) is 12.9. The van der Waals surface area contributed by atoms with E-state index in [4.69, 9.17) is 16.3 Å². The van der Waals surface area contributed by atoms with Gasteiger partial charge in [-0.2, -0.15) is 4.31 Å². The molecule has 1 saturated heterocycles. The minimum absolute atomic E-state index is 0.0494. The zero-order chi connectivity index (χ0) is 21.2. The van der Waals surface area contributed by atoms with Crippen LogP contribution in [0.1, 0.15) is 40.0 Å². The summed E-state index contributed by atoms with van der Waals surface area (Å²) in [6, 6.07) is 10.0. The van der Waals surface area contributed by atoms with Crippen molar-refractivity contribution in [3.63, 3.8) is 0 Å². The second-order valence-corrected chi connectivity index (χ2v) is 9.56. The highest BCUT2D eigenvalue weighted by Crippen LogP contribution is 2.25. The van der Waals surface area contributed by atoms with Gasteiger partial charge >= 0.3 is 0 Å². The van der Waals surface area contributed by atoms with Gasteiger partial charge in [0.25, 0.3) is 5.91 Å². The van der Waals surface area contributed by atoms with Gasteiger partial charge in [-0.15, -0.1) is 0 Å². The molecule has 156 valence electrons. The molecule has 1 fully saturated rings. The molecule has 6 nitrogen and oxygen atoms in total. The third-order valence-electron chi connectivity index (χ3n) is 5.04. The molecule has 1 N–H and O–H groups in total. The average molecular weight is 437 g/mol. The number of carbonyl (C=O) groups excluding carboxylic acids is 1. The van der Waals surface area contributed by atoms with E-state index in [1.54, 1.807) is 0 Å². The normalized spacial score (nSPS) is 16.4. The predicted molar refractivity (Wildman–Crippen MR) is 113 cm³/mol. The molecule has 0 radical (unpaired) electrons. The molecule has 8 heteroatoms. The fraction of sp³-hybridized carbons (Fsp3) is 0.381. The van der Waals surface area contributed by atoms with Gasteiger partial charge in [-0.05, 0) is 50.1 Å². The van der Waals surface area contributed by atoms with E-state index < -0.39 is 15.9 Å². The lowest BCUT2D eigenvalue weighted by Gasteiger charge is -2.26. The smallest absolute Gasteiger partial charge is 0.253 e. The lowest BCUT2D eigenvalue weighted by atomic mass is 10.00. The molecule has 0 spiro atoms. The van der Waals surface area contributed by atoms with Crippen LogP contribution in [0.5, 0.6) is 0 Å². The maximum absolute atomic E-state index is 12.9. The summed E-state index contributed by atoms with van der Waals surface area (Å²) in [7, 11) is -3.71. The molecular formula is C21H25ClN2O4S. The fourth-order valence-electron chi connectivity index (χ4n) is 3.35. The number of morpholine rings is 1. The summed E-state index contributed by atoms with van der Waals surface area (Å²) >= 11 is 6.22.